The van der Waals surface area contributed by atoms with Gasteiger partial charge in [-0.05, 0) is 72.8 Å². The van der Waals surface area contributed by atoms with E-state index in [1.165, 1.54) is 19.2 Å². The van der Waals surface area contributed by atoms with Gasteiger partial charge < -0.3 is 29.8 Å². The number of hydrogen-bond donors (Lipinski definition) is 2. The van der Waals surface area contributed by atoms with Gasteiger partial charge >= 0.3 is 0 Å². The number of aliphatic hydroxyl groups is 1. The SMILES string of the molecule is Nc1ncnc2c1nc(Sc1cc3c(cc1Br)OCO3)n2CCC1CCN(CCCO)CC1. The Bertz CT molecular complexity index is 1140. The first-order valence-electron chi connectivity index (χ1n) is 11.2. The van der Waals surface area contributed by atoms with Gasteiger partial charge in [0.25, 0.3) is 0 Å². The molecule has 0 radical (unpaired) electrons. The minimum Gasteiger partial charge on any atom is -0.454 e. The fourth-order valence-corrected chi connectivity index (χ4v) is 5.90. The van der Waals surface area contributed by atoms with Crippen molar-refractivity contribution in [1.29, 1.82) is 0 Å². The third-order valence-corrected chi connectivity index (χ3v) is 8.22. The Morgan fingerprint density at radius 1 is 1.15 bits per heavy atom. The Morgan fingerprint density at radius 2 is 1.94 bits per heavy atom. The van der Waals surface area contributed by atoms with Crippen LogP contribution in [0.4, 0.5) is 5.82 Å². The number of hydrogen-bond acceptors (Lipinski definition) is 9. The van der Waals surface area contributed by atoms with Crippen molar-refractivity contribution >= 4 is 44.7 Å². The molecular weight excluding hydrogens is 508 g/mol. The summed E-state index contributed by atoms with van der Waals surface area (Å²) < 4.78 is 14.1. The van der Waals surface area contributed by atoms with Crippen LogP contribution >= 0.6 is 27.7 Å². The zero-order valence-corrected chi connectivity index (χ0v) is 20.6. The third-order valence-electron chi connectivity index (χ3n) is 6.25. The van der Waals surface area contributed by atoms with E-state index in [1.54, 1.807) is 11.8 Å². The first-order valence-corrected chi connectivity index (χ1v) is 12.8. The lowest BCUT2D eigenvalue weighted by Crippen LogP contribution is -2.35. The maximum Gasteiger partial charge on any atom is 0.231 e. The van der Waals surface area contributed by atoms with Crippen molar-refractivity contribution in [1.82, 2.24) is 24.4 Å². The highest BCUT2D eigenvalue weighted by Crippen LogP contribution is 2.43. The molecule has 0 amide bonds. The highest BCUT2D eigenvalue weighted by molar-refractivity contribution is 9.10. The monoisotopic (exact) mass is 534 g/mol. The molecular formula is C22H27BrN6O3S. The number of likely N-dealkylation sites (tertiary alicyclic amines) is 1. The smallest absolute Gasteiger partial charge is 0.231 e. The zero-order chi connectivity index (χ0) is 22.8. The predicted molar refractivity (Wildman–Crippen MR) is 130 cm³/mol. The van der Waals surface area contributed by atoms with Crippen molar-refractivity contribution in [2.24, 2.45) is 5.92 Å². The fraction of sp³-hybridized carbons (Fsp3) is 0.500. The molecule has 1 aromatic carbocycles. The van der Waals surface area contributed by atoms with Crippen LogP contribution in [0.15, 0.2) is 33.0 Å². The normalized spacial score (nSPS) is 16.7. The summed E-state index contributed by atoms with van der Waals surface area (Å²) in [4.78, 5) is 16.9. The molecule has 11 heteroatoms. The number of piperidine rings is 1. The minimum absolute atomic E-state index is 0.235. The van der Waals surface area contributed by atoms with E-state index in [0.717, 1.165) is 70.7 Å². The van der Waals surface area contributed by atoms with Gasteiger partial charge in [0.15, 0.2) is 33.6 Å². The molecule has 3 N–H and O–H groups in total. The first-order chi connectivity index (χ1) is 16.1. The molecule has 1 saturated heterocycles. The van der Waals surface area contributed by atoms with E-state index < -0.39 is 0 Å². The number of anilines is 1. The largest absolute Gasteiger partial charge is 0.454 e. The summed E-state index contributed by atoms with van der Waals surface area (Å²) in [6, 6.07) is 3.90. The number of aromatic nitrogens is 4. The van der Waals surface area contributed by atoms with Crippen LogP contribution in [0.3, 0.4) is 0 Å². The van der Waals surface area contributed by atoms with Crippen LogP contribution in [0.25, 0.3) is 11.2 Å². The molecule has 2 aliphatic heterocycles. The summed E-state index contributed by atoms with van der Waals surface area (Å²) in [5.74, 6) is 2.51. The minimum atomic E-state index is 0.235. The number of halogens is 1. The van der Waals surface area contributed by atoms with E-state index in [-0.39, 0.29) is 13.4 Å². The van der Waals surface area contributed by atoms with Gasteiger partial charge in [0.05, 0.1) is 0 Å². The van der Waals surface area contributed by atoms with Crippen molar-refractivity contribution in [3.05, 3.63) is 22.9 Å². The lowest BCUT2D eigenvalue weighted by atomic mass is 9.93. The average Bonchev–Trinajstić information content (AvgIpc) is 3.42. The van der Waals surface area contributed by atoms with Gasteiger partial charge in [0.2, 0.25) is 6.79 Å². The third kappa shape index (κ3) is 4.91. The number of fused-ring (bicyclic) bond motifs is 2. The number of ether oxygens (including phenoxy) is 2. The Hall–Kier alpha value is -2.08. The molecule has 9 nitrogen and oxygen atoms in total. The quantitative estimate of drug-likeness (QED) is 0.448. The van der Waals surface area contributed by atoms with E-state index in [4.69, 9.17) is 25.3 Å². The molecule has 0 atom stereocenters. The van der Waals surface area contributed by atoms with Gasteiger partial charge in [0.1, 0.15) is 6.33 Å². The highest BCUT2D eigenvalue weighted by atomic mass is 79.9. The summed E-state index contributed by atoms with van der Waals surface area (Å²) in [6.07, 6.45) is 5.75. The van der Waals surface area contributed by atoms with Gasteiger partial charge in [0, 0.05) is 29.1 Å². The second-order valence-corrected chi connectivity index (χ2v) is 10.2. The number of aryl methyl sites for hydroxylation is 1. The molecule has 0 unspecified atom stereocenters. The fourth-order valence-electron chi connectivity index (χ4n) is 4.39. The molecule has 1 fully saturated rings. The molecule has 0 aliphatic carbocycles. The van der Waals surface area contributed by atoms with Gasteiger partial charge in [-0.15, -0.1) is 0 Å². The van der Waals surface area contributed by atoms with Crippen LogP contribution in [0.1, 0.15) is 25.7 Å². The van der Waals surface area contributed by atoms with Gasteiger partial charge in [-0.1, -0.05) is 11.8 Å². The Labute approximate surface area is 204 Å². The Balaban J connectivity index is 1.35. The van der Waals surface area contributed by atoms with Crippen LogP contribution in [0, 0.1) is 5.92 Å². The Morgan fingerprint density at radius 3 is 2.73 bits per heavy atom. The lowest BCUT2D eigenvalue weighted by Gasteiger charge is -2.32. The molecule has 3 aromatic rings. The molecule has 4 heterocycles. The van der Waals surface area contributed by atoms with E-state index in [2.05, 4.69) is 35.4 Å². The van der Waals surface area contributed by atoms with E-state index in [0.29, 0.717) is 17.3 Å². The average molecular weight is 535 g/mol. The molecule has 5 rings (SSSR count). The number of nitrogen functional groups attached to an aromatic ring is 1. The summed E-state index contributed by atoms with van der Waals surface area (Å²) in [7, 11) is 0. The number of benzene rings is 1. The summed E-state index contributed by atoms with van der Waals surface area (Å²) in [5, 5.41) is 9.90. The van der Waals surface area contributed by atoms with Crippen molar-refractivity contribution in [2.45, 2.75) is 42.3 Å². The maximum atomic E-state index is 9.07. The molecule has 176 valence electrons. The molecule has 2 aliphatic rings. The van der Waals surface area contributed by atoms with Crippen molar-refractivity contribution in [2.75, 3.05) is 38.8 Å². The summed E-state index contributed by atoms with van der Waals surface area (Å²) in [6.45, 7) is 4.49. The first kappa shape index (κ1) is 22.7. The second-order valence-electron chi connectivity index (χ2n) is 8.37. The maximum absolute atomic E-state index is 9.07. The van der Waals surface area contributed by atoms with Crippen molar-refractivity contribution in [3.63, 3.8) is 0 Å². The number of rotatable bonds is 8. The molecule has 0 saturated carbocycles. The molecule has 0 spiro atoms. The summed E-state index contributed by atoms with van der Waals surface area (Å²) >= 11 is 5.20. The van der Waals surface area contributed by atoms with Crippen LogP contribution < -0.4 is 15.2 Å². The second kappa shape index (κ2) is 10.0. The highest BCUT2D eigenvalue weighted by Gasteiger charge is 2.23. The predicted octanol–water partition coefficient (Wildman–Crippen LogP) is 3.54. The van der Waals surface area contributed by atoms with Crippen LogP contribution in [-0.4, -0.2) is 62.6 Å². The number of aliphatic hydroxyl groups excluding tert-OH is 1. The summed E-state index contributed by atoms with van der Waals surface area (Å²) in [5.41, 5.74) is 7.53. The number of nitrogens with two attached hydrogens (primary N) is 1. The van der Waals surface area contributed by atoms with Gasteiger partial charge in [-0.2, -0.15) is 0 Å². The van der Waals surface area contributed by atoms with Crippen LogP contribution in [-0.2, 0) is 6.54 Å². The van der Waals surface area contributed by atoms with E-state index in [9.17, 15) is 0 Å². The number of nitrogens with zero attached hydrogens (tertiary/aromatic N) is 5. The topological polar surface area (TPSA) is 112 Å². The molecule has 2 aromatic heterocycles. The molecule has 33 heavy (non-hydrogen) atoms. The zero-order valence-electron chi connectivity index (χ0n) is 18.2. The van der Waals surface area contributed by atoms with E-state index in [1.807, 2.05) is 12.1 Å². The number of imidazole rings is 1. The van der Waals surface area contributed by atoms with Crippen molar-refractivity contribution < 1.29 is 14.6 Å². The lowest BCUT2D eigenvalue weighted by molar-refractivity contribution is 0.161. The Kier molecular flexibility index (Phi) is 6.91. The van der Waals surface area contributed by atoms with Crippen LogP contribution in [0.5, 0.6) is 11.5 Å². The standard InChI is InChI=1S/C22H27BrN6O3S/c23-15-10-16-17(32-13-31-16)11-18(15)33-22-27-19-20(24)25-12-26-21(19)29(22)8-4-14-2-6-28(7-3-14)5-1-9-30/h10-12,14,30H,1-9,13H2,(H2,24,25,26). The molecule has 0 bridgehead atoms. The van der Waals surface area contributed by atoms with Gasteiger partial charge in [-0.25, -0.2) is 15.0 Å². The van der Waals surface area contributed by atoms with E-state index >= 15 is 0 Å². The van der Waals surface area contributed by atoms with Gasteiger partial charge in [-0.3, -0.25) is 0 Å². The van der Waals surface area contributed by atoms with Crippen molar-refractivity contribution in [3.8, 4) is 11.5 Å². The van der Waals surface area contributed by atoms with Crippen LogP contribution in [0.2, 0.25) is 0 Å².